The van der Waals surface area contributed by atoms with E-state index in [0.717, 1.165) is 0 Å². The molecule has 120 valence electrons. The van der Waals surface area contributed by atoms with E-state index in [1.807, 2.05) is 18.2 Å². The third-order valence-corrected chi connectivity index (χ3v) is 3.96. The Balaban J connectivity index is 1.84. The summed E-state index contributed by atoms with van der Waals surface area (Å²) in [6.45, 7) is 0. The first-order valence-corrected chi connectivity index (χ1v) is 7.47. The van der Waals surface area contributed by atoms with Gasteiger partial charge in [-0.1, -0.05) is 42.5 Å². The Hall–Kier alpha value is -3.28. The summed E-state index contributed by atoms with van der Waals surface area (Å²) in [4.78, 5) is 11.4. The van der Waals surface area contributed by atoms with Crippen molar-refractivity contribution >= 4 is 11.4 Å². The number of nitrogens with zero attached hydrogens (tertiary/aromatic N) is 3. The highest BCUT2D eigenvalue weighted by atomic mass is 16.6. The number of para-hydroxylation sites is 1. The van der Waals surface area contributed by atoms with Gasteiger partial charge in [0.2, 0.25) is 0 Å². The molecule has 0 amide bonds. The molecule has 1 atom stereocenters. The Bertz CT molecular complexity index is 843. The molecular formula is C18H16N4O2. The molecule has 0 bridgehead atoms. The maximum absolute atomic E-state index is 11.7. The predicted molar refractivity (Wildman–Crippen MR) is 92.3 cm³/mol. The Morgan fingerprint density at radius 2 is 1.75 bits per heavy atom. The van der Waals surface area contributed by atoms with Crippen molar-refractivity contribution in [2.24, 2.45) is 10.2 Å². The SMILES string of the molecule is Nc1ccccc1N=NC1=CCC(c2ccccc2)([N+](=O)[O-])C=C1. The maximum Gasteiger partial charge on any atom is 0.269 e. The minimum absolute atomic E-state index is 0.221. The van der Waals surface area contributed by atoms with Crippen LogP contribution in [0.5, 0.6) is 0 Å². The number of anilines is 1. The first kappa shape index (κ1) is 15.6. The van der Waals surface area contributed by atoms with E-state index in [4.69, 9.17) is 5.73 Å². The third kappa shape index (κ3) is 2.94. The van der Waals surface area contributed by atoms with Crippen molar-refractivity contribution in [1.82, 2.24) is 0 Å². The van der Waals surface area contributed by atoms with Gasteiger partial charge in [0.1, 0.15) is 5.69 Å². The Morgan fingerprint density at radius 1 is 1.04 bits per heavy atom. The second-order valence-corrected chi connectivity index (χ2v) is 5.47. The largest absolute Gasteiger partial charge is 0.397 e. The second kappa shape index (κ2) is 6.45. The average Bonchev–Trinajstić information content (AvgIpc) is 2.62. The zero-order chi connectivity index (χ0) is 17.0. The fraction of sp³-hybridized carbons (Fsp3) is 0.111. The Labute approximate surface area is 139 Å². The van der Waals surface area contributed by atoms with Crippen molar-refractivity contribution in [2.75, 3.05) is 5.73 Å². The molecule has 0 spiro atoms. The smallest absolute Gasteiger partial charge is 0.269 e. The van der Waals surface area contributed by atoms with Crippen LogP contribution in [0.1, 0.15) is 12.0 Å². The van der Waals surface area contributed by atoms with Crippen molar-refractivity contribution in [3.63, 3.8) is 0 Å². The van der Waals surface area contributed by atoms with Gasteiger partial charge in [-0.15, -0.1) is 5.11 Å². The van der Waals surface area contributed by atoms with Gasteiger partial charge in [-0.05, 0) is 30.4 Å². The first-order valence-electron chi connectivity index (χ1n) is 7.47. The molecule has 2 aromatic rings. The summed E-state index contributed by atoms with van der Waals surface area (Å²) in [7, 11) is 0. The predicted octanol–water partition coefficient (Wildman–Crippen LogP) is 4.37. The quantitative estimate of drug-likeness (QED) is 0.392. The van der Waals surface area contributed by atoms with Crippen molar-refractivity contribution in [3.8, 4) is 0 Å². The Morgan fingerprint density at radius 3 is 2.38 bits per heavy atom. The molecule has 1 aliphatic carbocycles. The van der Waals surface area contributed by atoms with Gasteiger partial charge in [0.05, 0.1) is 11.4 Å². The molecule has 3 rings (SSSR count). The number of hydrogen-bond donors (Lipinski definition) is 1. The first-order chi connectivity index (χ1) is 11.6. The van der Waals surface area contributed by atoms with Gasteiger partial charge >= 0.3 is 0 Å². The van der Waals surface area contributed by atoms with E-state index in [9.17, 15) is 10.1 Å². The molecule has 2 N–H and O–H groups in total. The normalized spacial score (nSPS) is 20.1. The number of allylic oxidation sites excluding steroid dienone is 1. The van der Waals surface area contributed by atoms with E-state index in [2.05, 4.69) is 10.2 Å². The van der Waals surface area contributed by atoms with Gasteiger partial charge in [0, 0.05) is 16.9 Å². The van der Waals surface area contributed by atoms with E-state index >= 15 is 0 Å². The van der Waals surface area contributed by atoms with Crippen LogP contribution in [0, 0.1) is 10.1 Å². The lowest BCUT2D eigenvalue weighted by Gasteiger charge is -2.23. The van der Waals surface area contributed by atoms with E-state index in [1.165, 1.54) is 0 Å². The highest BCUT2D eigenvalue weighted by molar-refractivity contribution is 5.61. The van der Waals surface area contributed by atoms with Crippen LogP contribution in [0.15, 0.2) is 88.8 Å². The molecule has 0 aromatic heterocycles. The molecule has 1 unspecified atom stereocenters. The van der Waals surface area contributed by atoms with Gasteiger partial charge in [-0.2, -0.15) is 5.11 Å². The molecule has 0 saturated carbocycles. The Kier molecular flexibility index (Phi) is 4.20. The summed E-state index contributed by atoms with van der Waals surface area (Å²) in [5, 5.41) is 19.9. The van der Waals surface area contributed by atoms with Crippen LogP contribution in [0.3, 0.4) is 0 Å². The van der Waals surface area contributed by atoms with Gasteiger partial charge in [0.15, 0.2) is 0 Å². The molecule has 6 heteroatoms. The lowest BCUT2D eigenvalue weighted by Crippen LogP contribution is -2.33. The maximum atomic E-state index is 11.7. The molecule has 0 heterocycles. The molecule has 1 aliphatic rings. The summed E-state index contributed by atoms with van der Waals surface area (Å²) in [6.07, 6.45) is 5.14. The van der Waals surface area contributed by atoms with E-state index in [1.54, 1.807) is 54.6 Å². The molecule has 0 radical (unpaired) electrons. The van der Waals surface area contributed by atoms with Crippen LogP contribution in [-0.2, 0) is 5.54 Å². The molecule has 0 fully saturated rings. The molecule has 0 saturated heterocycles. The van der Waals surface area contributed by atoms with Crippen molar-refractivity contribution in [1.29, 1.82) is 0 Å². The van der Waals surface area contributed by atoms with Gasteiger partial charge < -0.3 is 5.73 Å². The van der Waals surface area contributed by atoms with Crippen LogP contribution in [0.2, 0.25) is 0 Å². The molecular weight excluding hydrogens is 304 g/mol. The van der Waals surface area contributed by atoms with Crippen LogP contribution in [0.25, 0.3) is 0 Å². The van der Waals surface area contributed by atoms with Gasteiger partial charge in [-0.3, -0.25) is 10.1 Å². The van der Waals surface area contributed by atoms with Crippen LogP contribution < -0.4 is 5.73 Å². The molecule has 2 aromatic carbocycles. The van der Waals surface area contributed by atoms with E-state index in [-0.39, 0.29) is 11.3 Å². The second-order valence-electron chi connectivity index (χ2n) is 5.47. The van der Waals surface area contributed by atoms with Crippen molar-refractivity contribution in [2.45, 2.75) is 12.0 Å². The number of nitro groups is 1. The standard InChI is InChI=1S/C18H16N4O2/c19-16-8-4-5-9-17(16)21-20-15-10-12-18(13-11-15,22(23)24)14-6-2-1-3-7-14/h1-12H,13,19H2. The summed E-state index contributed by atoms with van der Waals surface area (Å²) in [5.74, 6) is 0. The minimum Gasteiger partial charge on any atom is -0.397 e. The van der Waals surface area contributed by atoms with Crippen LogP contribution >= 0.6 is 0 Å². The average molecular weight is 320 g/mol. The highest BCUT2D eigenvalue weighted by Gasteiger charge is 2.42. The minimum atomic E-state index is -1.26. The van der Waals surface area contributed by atoms with Crippen molar-refractivity contribution in [3.05, 3.63) is 94.2 Å². The highest BCUT2D eigenvalue weighted by Crippen LogP contribution is 2.35. The van der Waals surface area contributed by atoms with Gasteiger partial charge in [0.25, 0.3) is 5.54 Å². The number of hydrogen-bond acceptors (Lipinski definition) is 5. The number of nitrogens with two attached hydrogens (primary N) is 1. The topological polar surface area (TPSA) is 93.9 Å². The third-order valence-electron chi connectivity index (χ3n) is 3.96. The number of nitrogen functional groups attached to an aromatic ring is 1. The zero-order valence-corrected chi connectivity index (χ0v) is 12.9. The van der Waals surface area contributed by atoms with Crippen molar-refractivity contribution < 1.29 is 4.92 Å². The van der Waals surface area contributed by atoms with E-state index < -0.39 is 5.54 Å². The lowest BCUT2D eigenvalue weighted by atomic mass is 9.84. The summed E-state index contributed by atoms with van der Waals surface area (Å²) >= 11 is 0. The summed E-state index contributed by atoms with van der Waals surface area (Å²) < 4.78 is 0. The monoisotopic (exact) mass is 320 g/mol. The van der Waals surface area contributed by atoms with Crippen LogP contribution in [-0.4, -0.2) is 4.92 Å². The fourth-order valence-electron chi connectivity index (χ4n) is 2.57. The number of rotatable bonds is 4. The summed E-state index contributed by atoms with van der Waals surface area (Å²) in [6, 6.07) is 16.1. The van der Waals surface area contributed by atoms with Crippen LogP contribution in [0.4, 0.5) is 11.4 Å². The lowest BCUT2D eigenvalue weighted by molar-refractivity contribution is -0.563. The molecule has 0 aliphatic heterocycles. The van der Waals surface area contributed by atoms with Gasteiger partial charge in [-0.25, -0.2) is 0 Å². The number of azo groups is 1. The molecule has 24 heavy (non-hydrogen) atoms. The zero-order valence-electron chi connectivity index (χ0n) is 12.9. The number of benzene rings is 2. The summed E-state index contributed by atoms with van der Waals surface area (Å²) in [5.41, 5.74) is 6.88. The van der Waals surface area contributed by atoms with E-state index in [0.29, 0.717) is 22.6 Å². The fourth-order valence-corrected chi connectivity index (χ4v) is 2.57. The molecule has 6 nitrogen and oxygen atoms in total.